The number of nitrogens with zero attached hydrogens (tertiary/aromatic N) is 1. The Labute approximate surface area is 205 Å². The molecule has 0 saturated heterocycles. The number of aromatic nitrogens is 1. The Morgan fingerprint density at radius 1 is 0.857 bits per heavy atom. The molecule has 1 aromatic heterocycles. The van der Waals surface area contributed by atoms with Crippen molar-refractivity contribution in [2.24, 2.45) is 0 Å². The number of hydrogen-bond donors (Lipinski definition) is 1. The molecule has 6 aromatic rings. The van der Waals surface area contributed by atoms with E-state index >= 15 is 0 Å². The maximum atomic E-state index is 12.5. The quantitative estimate of drug-likeness (QED) is 0.279. The van der Waals surface area contributed by atoms with Crippen molar-refractivity contribution in [3.8, 4) is 17.2 Å². The van der Waals surface area contributed by atoms with Crippen LogP contribution in [0, 0.1) is 0 Å². The third-order valence-corrected chi connectivity index (χ3v) is 6.19. The van der Waals surface area contributed by atoms with Gasteiger partial charge in [0.25, 0.3) is 5.91 Å². The van der Waals surface area contributed by atoms with Gasteiger partial charge in [-0.2, -0.15) is 0 Å². The molecule has 0 aliphatic rings. The van der Waals surface area contributed by atoms with Crippen LogP contribution in [0.3, 0.4) is 0 Å². The number of carbonyl (C=O) groups is 1. The molecule has 1 amide bonds. The number of rotatable bonds is 5. The largest absolute Gasteiger partial charge is 0.484 e. The normalized spacial score (nSPS) is 11.2. The fraction of sp³-hybridized carbons (Fsp3) is 0.0345. The minimum absolute atomic E-state index is 0.1000. The molecule has 35 heavy (non-hydrogen) atoms. The highest BCUT2D eigenvalue weighted by molar-refractivity contribution is 6.35. The molecule has 0 fully saturated rings. The lowest BCUT2D eigenvalue weighted by molar-refractivity contribution is -0.118. The number of anilines is 1. The maximum absolute atomic E-state index is 12.5. The molecule has 6 rings (SSSR count). The van der Waals surface area contributed by atoms with Crippen LogP contribution in [0.2, 0.25) is 5.02 Å². The second-order valence-corrected chi connectivity index (χ2v) is 8.60. The summed E-state index contributed by atoms with van der Waals surface area (Å²) in [5.41, 5.74) is 2.75. The Morgan fingerprint density at radius 2 is 1.69 bits per heavy atom. The first-order valence-corrected chi connectivity index (χ1v) is 11.5. The molecule has 0 aliphatic heterocycles. The summed E-state index contributed by atoms with van der Waals surface area (Å²) in [6.45, 7) is -0.1000. The second kappa shape index (κ2) is 8.78. The lowest BCUT2D eigenvalue weighted by Crippen LogP contribution is -2.20. The molecule has 0 saturated carbocycles. The van der Waals surface area contributed by atoms with Gasteiger partial charge in [-0.05, 0) is 58.6 Å². The summed E-state index contributed by atoms with van der Waals surface area (Å²) in [6.07, 6.45) is 0. The average Bonchev–Trinajstić information content (AvgIpc) is 3.30. The van der Waals surface area contributed by atoms with Crippen LogP contribution in [0.1, 0.15) is 0 Å². The summed E-state index contributed by atoms with van der Waals surface area (Å²) in [5, 5.41) is 7.63. The predicted molar refractivity (Wildman–Crippen MR) is 140 cm³/mol. The van der Waals surface area contributed by atoms with Crippen LogP contribution >= 0.6 is 11.6 Å². The van der Waals surface area contributed by atoms with Gasteiger partial charge in [-0.15, -0.1) is 0 Å². The van der Waals surface area contributed by atoms with Gasteiger partial charge >= 0.3 is 0 Å². The van der Waals surface area contributed by atoms with E-state index in [1.54, 1.807) is 18.2 Å². The minimum Gasteiger partial charge on any atom is -0.484 e. The second-order valence-electron chi connectivity index (χ2n) is 8.19. The third kappa shape index (κ3) is 4.18. The third-order valence-electron chi connectivity index (χ3n) is 5.86. The number of nitrogens with one attached hydrogen (secondary N) is 1. The van der Waals surface area contributed by atoms with E-state index in [0.717, 1.165) is 27.1 Å². The summed E-state index contributed by atoms with van der Waals surface area (Å²) in [7, 11) is 0. The number of oxazole rings is 1. The minimum atomic E-state index is -0.259. The zero-order valence-electron chi connectivity index (χ0n) is 18.5. The van der Waals surface area contributed by atoms with Crippen molar-refractivity contribution in [2.75, 3.05) is 11.9 Å². The van der Waals surface area contributed by atoms with Gasteiger partial charge in [-0.25, -0.2) is 4.98 Å². The fourth-order valence-corrected chi connectivity index (χ4v) is 4.42. The molecular weight excluding hydrogens is 460 g/mol. The van der Waals surface area contributed by atoms with E-state index in [9.17, 15) is 4.79 Å². The van der Waals surface area contributed by atoms with E-state index in [4.69, 9.17) is 20.8 Å². The standard InChI is InChI=1S/C29H19ClN2O3/c30-25-10-4-7-22-23(25)8-3-9-24(22)29-32-26-16-20(12-14-27(26)35-29)31-28(33)17-34-21-13-11-18-5-1-2-6-19(18)15-21/h1-16H,17H2,(H,31,33). The Hall–Kier alpha value is -4.35. The SMILES string of the molecule is O=C(COc1ccc2ccccc2c1)Nc1ccc2oc(-c3cccc4c(Cl)cccc34)nc2c1. The zero-order chi connectivity index (χ0) is 23.8. The Morgan fingerprint density at radius 3 is 2.60 bits per heavy atom. The molecule has 6 heteroatoms. The van der Waals surface area contributed by atoms with E-state index in [1.807, 2.05) is 78.9 Å². The number of ether oxygens (including phenoxy) is 1. The first-order valence-electron chi connectivity index (χ1n) is 11.1. The number of halogens is 1. The highest BCUT2D eigenvalue weighted by atomic mass is 35.5. The van der Waals surface area contributed by atoms with Crippen molar-refractivity contribution >= 4 is 55.8 Å². The first-order chi connectivity index (χ1) is 17.1. The summed E-state index contributed by atoms with van der Waals surface area (Å²) in [5.74, 6) is 0.881. The molecule has 0 unspecified atom stereocenters. The van der Waals surface area contributed by atoms with Crippen LogP contribution in [0.15, 0.2) is 101 Å². The van der Waals surface area contributed by atoms with E-state index in [0.29, 0.717) is 33.4 Å². The number of fused-ring (bicyclic) bond motifs is 3. The zero-order valence-corrected chi connectivity index (χ0v) is 19.3. The van der Waals surface area contributed by atoms with E-state index in [-0.39, 0.29) is 12.5 Å². The van der Waals surface area contributed by atoms with Crippen molar-refractivity contribution in [3.63, 3.8) is 0 Å². The molecule has 170 valence electrons. The van der Waals surface area contributed by atoms with Gasteiger partial charge in [-0.1, -0.05) is 66.2 Å². The molecule has 0 bridgehead atoms. The van der Waals surface area contributed by atoms with Crippen LogP contribution in [-0.2, 0) is 4.79 Å². The molecule has 1 heterocycles. The number of benzene rings is 5. The van der Waals surface area contributed by atoms with Gasteiger partial charge in [0.2, 0.25) is 5.89 Å². The Kier molecular flexibility index (Phi) is 5.32. The van der Waals surface area contributed by atoms with Crippen molar-refractivity contribution < 1.29 is 13.9 Å². The van der Waals surface area contributed by atoms with Gasteiger partial charge in [0, 0.05) is 21.7 Å². The van der Waals surface area contributed by atoms with Crippen LogP contribution in [-0.4, -0.2) is 17.5 Å². The Balaban J connectivity index is 1.20. The smallest absolute Gasteiger partial charge is 0.262 e. The number of hydrogen-bond acceptors (Lipinski definition) is 4. The molecule has 5 nitrogen and oxygen atoms in total. The fourth-order valence-electron chi connectivity index (χ4n) is 4.18. The van der Waals surface area contributed by atoms with Gasteiger partial charge in [-0.3, -0.25) is 4.79 Å². The molecular formula is C29H19ClN2O3. The van der Waals surface area contributed by atoms with Crippen LogP contribution in [0.5, 0.6) is 5.75 Å². The number of amides is 1. The molecule has 0 spiro atoms. The highest BCUT2D eigenvalue weighted by Crippen LogP contribution is 2.34. The number of carbonyl (C=O) groups excluding carboxylic acids is 1. The van der Waals surface area contributed by atoms with E-state index < -0.39 is 0 Å². The van der Waals surface area contributed by atoms with Crippen LogP contribution < -0.4 is 10.1 Å². The Bertz CT molecular complexity index is 1720. The molecule has 0 radical (unpaired) electrons. The van der Waals surface area contributed by atoms with Crippen molar-refractivity contribution in [2.45, 2.75) is 0 Å². The van der Waals surface area contributed by atoms with Crippen LogP contribution in [0.4, 0.5) is 5.69 Å². The highest BCUT2D eigenvalue weighted by Gasteiger charge is 2.13. The average molecular weight is 479 g/mol. The van der Waals surface area contributed by atoms with E-state index in [2.05, 4.69) is 10.3 Å². The van der Waals surface area contributed by atoms with Gasteiger partial charge < -0.3 is 14.5 Å². The topological polar surface area (TPSA) is 64.4 Å². The molecule has 5 aromatic carbocycles. The van der Waals surface area contributed by atoms with Gasteiger partial charge in [0.15, 0.2) is 12.2 Å². The summed E-state index contributed by atoms with van der Waals surface area (Å²) < 4.78 is 11.7. The van der Waals surface area contributed by atoms with Crippen molar-refractivity contribution in [1.29, 1.82) is 0 Å². The predicted octanol–water partition coefficient (Wildman–Crippen LogP) is 7.47. The molecule has 0 aliphatic carbocycles. The summed E-state index contributed by atoms with van der Waals surface area (Å²) in [6, 6.07) is 30.7. The monoisotopic (exact) mass is 478 g/mol. The van der Waals surface area contributed by atoms with E-state index in [1.165, 1.54) is 0 Å². The lowest BCUT2D eigenvalue weighted by atomic mass is 10.0. The van der Waals surface area contributed by atoms with Crippen molar-refractivity contribution in [3.05, 3.63) is 102 Å². The van der Waals surface area contributed by atoms with Crippen molar-refractivity contribution in [1.82, 2.24) is 4.98 Å². The maximum Gasteiger partial charge on any atom is 0.262 e. The summed E-state index contributed by atoms with van der Waals surface area (Å²) in [4.78, 5) is 17.2. The van der Waals surface area contributed by atoms with Gasteiger partial charge in [0.1, 0.15) is 11.3 Å². The summed E-state index contributed by atoms with van der Waals surface area (Å²) >= 11 is 6.35. The van der Waals surface area contributed by atoms with Crippen LogP contribution in [0.25, 0.3) is 44.1 Å². The first kappa shape index (κ1) is 21.2. The molecule has 0 atom stereocenters. The molecule has 1 N–H and O–H groups in total. The lowest BCUT2D eigenvalue weighted by Gasteiger charge is -2.08. The van der Waals surface area contributed by atoms with Gasteiger partial charge in [0.05, 0.1) is 0 Å².